The molecule has 0 atom stereocenters. The van der Waals surface area contributed by atoms with Gasteiger partial charge in [0.05, 0.1) is 11.3 Å². The number of carbonyl (C=O) groups excluding carboxylic acids is 1. The molecular weight excluding hydrogens is 913 g/mol. The fraction of sp³-hybridized carbons (Fsp3) is 0.409. The minimum absolute atomic E-state index is 0. The molecule has 5 rings (SSSR count). The standard InChI is InChI=1S/C36H37F3NS.C8H11F3O2.Ir/c1-20-14-23(18-34(4,5)6)15-21(2)29(20)32-22(3)30-28(36(37,38)39)19-40-31(33(30)41-32)25-16-24-12-10-11-13-26(24)27(17-25)35(7,8)9;1-5(2)3-6(12)4-7(13)8(9,10)11;/h10-15,17,19H,18H2,1-9H3;4-5,12H,3H2,1-2H3;/q-1;;/b;6-4-;. The van der Waals surface area contributed by atoms with Crippen LogP contribution in [0.25, 0.3) is 42.6 Å². The molecule has 0 aliphatic rings. The summed E-state index contributed by atoms with van der Waals surface area (Å²) in [6.45, 7) is 22.5. The van der Waals surface area contributed by atoms with Gasteiger partial charge in [-0.25, -0.2) is 0 Å². The molecule has 3 nitrogen and oxygen atoms in total. The van der Waals surface area contributed by atoms with Gasteiger partial charge >= 0.3 is 12.4 Å². The van der Waals surface area contributed by atoms with Gasteiger partial charge in [0.25, 0.3) is 5.78 Å². The molecule has 1 N–H and O–H groups in total. The van der Waals surface area contributed by atoms with Crippen molar-refractivity contribution < 1.29 is 56.3 Å². The second-order valence-electron chi connectivity index (χ2n) is 16.6. The quantitative estimate of drug-likeness (QED) is 0.0798. The number of nitrogens with zero attached hydrogens (tertiary/aromatic N) is 1. The maximum atomic E-state index is 14.4. The number of pyridine rings is 1. The van der Waals surface area contributed by atoms with E-state index in [9.17, 15) is 31.1 Å². The topological polar surface area (TPSA) is 50.2 Å². The predicted molar refractivity (Wildman–Crippen MR) is 209 cm³/mol. The zero-order valence-electron chi connectivity index (χ0n) is 33.0. The molecule has 11 heteroatoms. The average molecular weight is 961 g/mol. The molecule has 299 valence electrons. The number of aromatic nitrogens is 1. The molecule has 0 aliphatic carbocycles. The largest absolute Gasteiger partial charge is 0.512 e. The number of allylic oxidation sites excluding steroid dienone is 2. The molecule has 0 spiro atoms. The van der Waals surface area contributed by atoms with Crippen LogP contribution in [0, 0.1) is 38.2 Å². The van der Waals surface area contributed by atoms with E-state index in [2.05, 4.69) is 90.7 Å². The van der Waals surface area contributed by atoms with Crippen LogP contribution in [0.4, 0.5) is 26.3 Å². The third-order valence-electron chi connectivity index (χ3n) is 8.85. The number of aliphatic hydroxyl groups is 1. The first-order valence-electron chi connectivity index (χ1n) is 17.8. The van der Waals surface area contributed by atoms with Gasteiger partial charge in [-0.05, 0) is 71.8 Å². The zero-order chi connectivity index (χ0) is 40.7. The Balaban J connectivity index is 0.000000499. The number of aryl methyl sites for hydroxylation is 3. The number of benzene rings is 3. The van der Waals surface area contributed by atoms with Gasteiger partial charge in [-0.3, -0.25) is 9.78 Å². The van der Waals surface area contributed by atoms with E-state index in [1.807, 2.05) is 25.1 Å². The van der Waals surface area contributed by atoms with E-state index < -0.39 is 29.5 Å². The van der Waals surface area contributed by atoms with E-state index >= 15 is 0 Å². The summed E-state index contributed by atoms with van der Waals surface area (Å²) in [5.74, 6) is -2.54. The number of carbonyl (C=O) groups is 1. The zero-order valence-corrected chi connectivity index (χ0v) is 36.2. The Labute approximate surface area is 337 Å². The van der Waals surface area contributed by atoms with Gasteiger partial charge in [-0.15, -0.1) is 40.5 Å². The van der Waals surface area contributed by atoms with Crippen molar-refractivity contribution in [3.8, 4) is 21.7 Å². The SMILES string of the molecule is CC(C)C/C(O)=C/C(=O)C(F)(F)F.Cc1cc(CC(C)(C)C)cc(C)c1-c1sc2c(-c3[c-]c4ccccc4c(C(C)(C)C)c3)ncc(C(F)(F)F)c2c1C.[Ir]. The number of rotatable bonds is 6. The van der Waals surface area contributed by atoms with E-state index in [1.165, 1.54) is 16.9 Å². The Kier molecular flexibility index (Phi) is 14.1. The first-order valence-corrected chi connectivity index (χ1v) is 18.6. The molecule has 2 aromatic heterocycles. The number of aliphatic hydroxyl groups excluding tert-OH is 1. The molecule has 0 unspecified atom stereocenters. The van der Waals surface area contributed by atoms with Crippen molar-refractivity contribution in [2.75, 3.05) is 0 Å². The molecule has 0 saturated heterocycles. The number of halogens is 6. The number of thiophene rings is 1. The maximum absolute atomic E-state index is 14.4. The predicted octanol–water partition coefficient (Wildman–Crippen LogP) is 14.0. The van der Waals surface area contributed by atoms with E-state index in [4.69, 9.17) is 5.11 Å². The third-order valence-corrected chi connectivity index (χ3v) is 10.2. The summed E-state index contributed by atoms with van der Waals surface area (Å²) in [7, 11) is 0. The molecular formula is C44H48F6IrNO2S-. The smallest absolute Gasteiger partial charge is 0.454 e. The first-order chi connectivity index (χ1) is 24.7. The van der Waals surface area contributed by atoms with Crippen molar-refractivity contribution in [3.05, 3.63) is 99.9 Å². The van der Waals surface area contributed by atoms with Crippen molar-refractivity contribution >= 4 is 38.0 Å². The summed E-state index contributed by atoms with van der Waals surface area (Å²) in [5, 5.41) is 11.2. The summed E-state index contributed by atoms with van der Waals surface area (Å²) in [5.41, 5.74) is 6.71. The average Bonchev–Trinajstić information content (AvgIpc) is 3.33. The molecule has 3 aromatic carbocycles. The number of hydrogen-bond acceptors (Lipinski definition) is 4. The van der Waals surface area contributed by atoms with Crippen molar-refractivity contribution in [2.24, 2.45) is 11.3 Å². The second-order valence-corrected chi connectivity index (χ2v) is 17.6. The Bertz CT molecular complexity index is 2190. The molecule has 1 radical (unpaired) electrons. The van der Waals surface area contributed by atoms with Gasteiger partial charge in [-0.2, -0.15) is 26.3 Å². The molecule has 2 heterocycles. The molecule has 0 saturated carbocycles. The van der Waals surface area contributed by atoms with Crippen molar-refractivity contribution in [1.29, 1.82) is 0 Å². The minimum atomic E-state index is -4.90. The van der Waals surface area contributed by atoms with Crippen LogP contribution in [0.5, 0.6) is 0 Å². The van der Waals surface area contributed by atoms with Crippen LogP contribution in [0.2, 0.25) is 0 Å². The van der Waals surface area contributed by atoms with E-state index in [1.54, 1.807) is 13.8 Å². The van der Waals surface area contributed by atoms with E-state index in [0.29, 0.717) is 21.5 Å². The van der Waals surface area contributed by atoms with Crippen LogP contribution < -0.4 is 0 Å². The summed E-state index contributed by atoms with van der Waals surface area (Å²) >= 11 is 1.41. The summed E-state index contributed by atoms with van der Waals surface area (Å²) in [6.07, 6.45) is -7.18. The van der Waals surface area contributed by atoms with Gasteiger partial charge in [-0.1, -0.05) is 96.7 Å². The van der Waals surface area contributed by atoms with Crippen molar-refractivity contribution in [3.63, 3.8) is 0 Å². The van der Waals surface area contributed by atoms with Gasteiger partial charge in [0.15, 0.2) is 0 Å². The van der Waals surface area contributed by atoms with Crippen LogP contribution in [0.3, 0.4) is 0 Å². The summed E-state index contributed by atoms with van der Waals surface area (Å²) < 4.78 is 78.7. The molecule has 0 amide bonds. The maximum Gasteiger partial charge on any atom is 0.454 e. The van der Waals surface area contributed by atoms with Crippen LogP contribution in [0.1, 0.15) is 95.2 Å². The Morgan fingerprint density at radius 2 is 1.49 bits per heavy atom. The Morgan fingerprint density at radius 3 is 2.00 bits per heavy atom. The van der Waals surface area contributed by atoms with Crippen LogP contribution in [0.15, 0.2) is 60.5 Å². The van der Waals surface area contributed by atoms with Gasteiger partial charge in [0.1, 0.15) is 0 Å². The van der Waals surface area contributed by atoms with Crippen molar-refractivity contribution in [2.45, 2.75) is 107 Å². The Morgan fingerprint density at radius 1 is 0.909 bits per heavy atom. The number of hydrogen-bond donors (Lipinski definition) is 1. The van der Waals surface area contributed by atoms with Gasteiger partial charge in [0, 0.05) is 59.5 Å². The number of ketones is 1. The monoisotopic (exact) mass is 961 g/mol. The number of alkyl halides is 6. The van der Waals surface area contributed by atoms with E-state index in [-0.39, 0.29) is 54.7 Å². The third kappa shape index (κ3) is 11.1. The van der Waals surface area contributed by atoms with Crippen LogP contribution in [-0.2, 0) is 42.9 Å². The van der Waals surface area contributed by atoms with Crippen LogP contribution >= 0.6 is 11.3 Å². The van der Waals surface area contributed by atoms with Crippen molar-refractivity contribution in [1.82, 2.24) is 4.98 Å². The summed E-state index contributed by atoms with van der Waals surface area (Å²) in [6, 6.07) is 18.0. The number of fused-ring (bicyclic) bond motifs is 2. The van der Waals surface area contributed by atoms with Crippen LogP contribution in [-0.4, -0.2) is 22.1 Å². The fourth-order valence-corrected chi connectivity index (χ4v) is 8.22. The minimum Gasteiger partial charge on any atom is -0.512 e. The summed E-state index contributed by atoms with van der Waals surface area (Å²) in [4.78, 5) is 15.6. The first kappa shape index (κ1) is 45.9. The fourth-order valence-electron chi connectivity index (χ4n) is 6.72. The molecule has 0 aliphatic heterocycles. The molecule has 0 bridgehead atoms. The van der Waals surface area contributed by atoms with Gasteiger partial charge < -0.3 is 5.11 Å². The molecule has 55 heavy (non-hydrogen) atoms. The van der Waals surface area contributed by atoms with E-state index in [0.717, 1.165) is 50.5 Å². The normalized spacial score (nSPS) is 12.9. The molecule has 5 aromatic rings. The second kappa shape index (κ2) is 16.9. The molecule has 0 fully saturated rings. The Hall–Kier alpha value is -3.53. The van der Waals surface area contributed by atoms with Gasteiger partial charge in [0.2, 0.25) is 0 Å².